The highest BCUT2D eigenvalue weighted by molar-refractivity contribution is 4.86. The molecular weight excluding hydrogens is 222 g/mol. The molecule has 1 aliphatic carbocycles. The number of aliphatic hydroxyl groups excluding tert-OH is 1. The summed E-state index contributed by atoms with van der Waals surface area (Å²) < 4.78 is 0. The van der Waals surface area contributed by atoms with Crippen molar-refractivity contribution in [3.05, 3.63) is 0 Å². The molecule has 0 radical (unpaired) electrons. The van der Waals surface area contributed by atoms with Gasteiger partial charge in [-0.25, -0.2) is 0 Å². The number of rotatable bonds is 4. The zero-order valence-electron chi connectivity index (χ0n) is 12.3. The van der Waals surface area contributed by atoms with E-state index in [0.717, 1.165) is 13.0 Å². The van der Waals surface area contributed by atoms with Crippen molar-refractivity contribution in [2.24, 2.45) is 11.3 Å². The molecule has 2 nitrogen and oxygen atoms in total. The van der Waals surface area contributed by atoms with Crippen molar-refractivity contribution >= 4 is 0 Å². The summed E-state index contributed by atoms with van der Waals surface area (Å²) in [6, 6.07) is 0. The van der Waals surface area contributed by atoms with Gasteiger partial charge in [-0.2, -0.15) is 0 Å². The van der Waals surface area contributed by atoms with Crippen LogP contribution in [-0.4, -0.2) is 35.7 Å². The lowest BCUT2D eigenvalue weighted by Gasteiger charge is -2.43. The first-order valence-corrected chi connectivity index (χ1v) is 8.09. The Labute approximate surface area is 113 Å². The molecule has 2 aliphatic rings. The van der Waals surface area contributed by atoms with Crippen molar-refractivity contribution < 1.29 is 5.11 Å². The van der Waals surface area contributed by atoms with Gasteiger partial charge >= 0.3 is 0 Å². The second-order valence-corrected chi connectivity index (χ2v) is 6.62. The normalized spacial score (nSPS) is 33.5. The predicted molar refractivity (Wildman–Crippen MR) is 76.7 cm³/mol. The maximum atomic E-state index is 10.1. The molecule has 2 fully saturated rings. The average molecular weight is 253 g/mol. The van der Waals surface area contributed by atoms with Crippen LogP contribution in [0.1, 0.15) is 65.2 Å². The SMILES string of the molecule is CCC1(CC)CCN(CC2CCCCC2O)CC1. The van der Waals surface area contributed by atoms with Crippen LogP contribution >= 0.6 is 0 Å². The van der Waals surface area contributed by atoms with Gasteiger partial charge < -0.3 is 10.0 Å². The number of likely N-dealkylation sites (tertiary alicyclic amines) is 1. The first kappa shape index (κ1) is 14.3. The van der Waals surface area contributed by atoms with Gasteiger partial charge in [0.15, 0.2) is 0 Å². The standard InChI is InChI=1S/C16H31NO/c1-3-16(4-2)9-11-17(12-10-16)13-14-7-5-6-8-15(14)18/h14-15,18H,3-13H2,1-2H3. The van der Waals surface area contributed by atoms with Crippen molar-refractivity contribution in [2.75, 3.05) is 19.6 Å². The smallest absolute Gasteiger partial charge is 0.0580 e. The summed E-state index contributed by atoms with van der Waals surface area (Å²) in [6.45, 7) is 8.36. The van der Waals surface area contributed by atoms with Crippen LogP contribution in [0.15, 0.2) is 0 Å². The highest BCUT2D eigenvalue weighted by atomic mass is 16.3. The van der Waals surface area contributed by atoms with Crippen molar-refractivity contribution in [1.29, 1.82) is 0 Å². The molecule has 1 N–H and O–H groups in total. The van der Waals surface area contributed by atoms with Crippen LogP contribution in [0.3, 0.4) is 0 Å². The molecule has 1 saturated heterocycles. The van der Waals surface area contributed by atoms with Crippen LogP contribution < -0.4 is 0 Å². The molecular formula is C16H31NO. The van der Waals surface area contributed by atoms with E-state index < -0.39 is 0 Å². The fourth-order valence-electron chi connectivity index (χ4n) is 3.90. The topological polar surface area (TPSA) is 23.5 Å². The largest absolute Gasteiger partial charge is 0.393 e. The fourth-order valence-corrected chi connectivity index (χ4v) is 3.90. The lowest BCUT2D eigenvalue weighted by Crippen LogP contribution is -2.44. The minimum Gasteiger partial charge on any atom is -0.393 e. The molecule has 18 heavy (non-hydrogen) atoms. The Morgan fingerprint density at radius 2 is 1.67 bits per heavy atom. The third-order valence-electron chi connectivity index (χ3n) is 5.78. The Balaban J connectivity index is 1.79. The van der Waals surface area contributed by atoms with Gasteiger partial charge in [-0.1, -0.05) is 39.5 Å². The lowest BCUT2D eigenvalue weighted by atomic mass is 9.74. The second-order valence-electron chi connectivity index (χ2n) is 6.62. The maximum Gasteiger partial charge on any atom is 0.0580 e. The molecule has 0 spiro atoms. The van der Waals surface area contributed by atoms with Gasteiger partial charge in [0.25, 0.3) is 0 Å². The van der Waals surface area contributed by atoms with Gasteiger partial charge in [-0.3, -0.25) is 0 Å². The van der Waals surface area contributed by atoms with E-state index in [9.17, 15) is 5.11 Å². The summed E-state index contributed by atoms with van der Waals surface area (Å²) in [5.74, 6) is 0.550. The predicted octanol–water partition coefficient (Wildman–Crippen LogP) is 3.44. The fraction of sp³-hybridized carbons (Fsp3) is 1.00. The number of hydrogen-bond donors (Lipinski definition) is 1. The highest BCUT2D eigenvalue weighted by Crippen LogP contribution is 2.38. The Hall–Kier alpha value is -0.0800. The number of nitrogens with zero attached hydrogens (tertiary/aromatic N) is 1. The van der Waals surface area contributed by atoms with E-state index in [1.54, 1.807) is 0 Å². The number of hydrogen-bond acceptors (Lipinski definition) is 2. The summed E-state index contributed by atoms with van der Waals surface area (Å²) in [5.41, 5.74) is 0.627. The molecule has 0 amide bonds. The van der Waals surface area contributed by atoms with Crippen molar-refractivity contribution in [1.82, 2.24) is 4.90 Å². The Bertz CT molecular complexity index is 239. The monoisotopic (exact) mass is 253 g/mol. The van der Waals surface area contributed by atoms with Crippen LogP contribution in [0.25, 0.3) is 0 Å². The Morgan fingerprint density at radius 1 is 1.06 bits per heavy atom. The minimum atomic E-state index is -0.0252. The van der Waals surface area contributed by atoms with Crippen molar-refractivity contribution in [2.45, 2.75) is 71.3 Å². The van der Waals surface area contributed by atoms with Crippen LogP contribution in [0.5, 0.6) is 0 Å². The summed E-state index contributed by atoms with van der Waals surface area (Å²) in [5, 5.41) is 10.1. The maximum absolute atomic E-state index is 10.1. The van der Waals surface area contributed by atoms with E-state index >= 15 is 0 Å². The van der Waals surface area contributed by atoms with E-state index in [1.807, 2.05) is 0 Å². The molecule has 106 valence electrons. The van der Waals surface area contributed by atoms with E-state index in [0.29, 0.717) is 11.3 Å². The van der Waals surface area contributed by atoms with Crippen LogP contribution in [0.4, 0.5) is 0 Å². The van der Waals surface area contributed by atoms with Gasteiger partial charge in [0.1, 0.15) is 0 Å². The molecule has 1 saturated carbocycles. The second kappa shape index (κ2) is 6.38. The molecule has 0 aromatic carbocycles. The number of aliphatic hydroxyl groups is 1. The highest BCUT2D eigenvalue weighted by Gasteiger charge is 2.33. The van der Waals surface area contributed by atoms with Crippen LogP contribution in [0.2, 0.25) is 0 Å². The van der Waals surface area contributed by atoms with E-state index in [1.165, 1.54) is 58.0 Å². The first-order chi connectivity index (χ1) is 8.69. The molecule has 2 atom stereocenters. The Morgan fingerprint density at radius 3 is 2.22 bits per heavy atom. The van der Waals surface area contributed by atoms with E-state index in [4.69, 9.17) is 0 Å². The first-order valence-electron chi connectivity index (χ1n) is 8.09. The van der Waals surface area contributed by atoms with Gasteiger partial charge in [0.05, 0.1) is 6.10 Å². The number of piperidine rings is 1. The van der Waals surface area contributed by atoms with Gasteiger partial charge in [0.2, 0.25) is 0 Å². The van der Waals surface area contributed by atoms with Gasteiger partial charge in [-0.15, -0.1) is 0 Å². The van der Waals surface area contributed by atoms with E-state index in [-0.39, 0.29) is 6.10 Å². The average Bonchev–Trinajstić information content (AvgIpc) is 2.43. The summed E-state index contributed by atoms with van der Waals surface area (Å²) in [6.07, 6.45) is 10.2. The molecule has 0 aromatic heterocycles. The minimum absolute atomic E-state index is 0.0252. The Kier molecular flexibility index (Phi) is 5.08. The molecule has 0 aromatic rings. The quantitative estimate of drug-likeness (QED) is 0.829. The molecule has 2 rings (SSSR count). The molecule has 1 aliphatic heterocycles. The molecule has 0 bridgehead atoms. The molecule has 1 heterocycles. The molecule has 2 heteroatoms. The summed E-state index contributed by atoms with van der Waals surface area (Å²) >= 11 is 0. The van der Waals surface area contributed by atoms with Gasteiger partial charge in [0, 0.05) is 6.54 Å². The summed E-state index contributed by atoms with van der Waals surface area (Å²) in [7, 11) is 0. The van der Waals surface area contributed by atoms with Crippen LogP contribution in [0, 0.1) is 11.3 Å². The zero-order chi connectivity index (χ0) is 13.0. The third-order valence-corrected chi connectivity index (χ3v) is 5.78. The zero-order valence-corrected chi connectivity index (χ0v) is 12.3. The van der Waals surface area contributed by atoms with E-state index in [2.05, 4.69) is 18.7 Å². The lowest BCUT2D eigenvalue weighted by molar-refractivity contribution is 0.0245. The summed E-state index contributed by atoms with van der Waals surface area (Å²) in [4.78, 5) is 2.61. The molecule has 2 unspecified atom stereocenters. The third kappa shape index (κ3) is 3.27. The van der Waals surface area contributed by atoms with Crippen molar-refractivity contribution in [3.63, 3.8) is 0 Å². The van der Waals surface area contributed by atoms with Gasteiger partial charge in [-0.05, 0) is 50.1 Å². The van der Waals surface area contributed by atoms with Crippen molar-refractivity contribution in [3.8, 4) is 0 Å². The van der Waals surface area contributed by atoms with Crippen LogP contribution in [-0.2, 0) is 0 Å².